The normalized spacial score (nSPS) is 14.1. The summed E-state index contributed by atoms with van der Waals surface area (Å²) in [7, 11) is -3.68. The van der Waals surface area contributed by atoms with Gasteiger partial charge < -0.3 is 4.74 Å². The summed E-state index contributed by atoms with van der Waals surface area (Å²) in [6, 6.07) is 5.48. The van der Waals surface area contributed by atoms with Crippen molar-refractivity contribution >= 4 is 33.4 Å². The molecule has 0 aliphatic carbocycles. The maximum Gasteiger partial charge on any atom is 0.420 e. The first-order valence-electron chi connectivity index (χ1n) is 10.1. The van der Waals surface area contributed by atoms with Gasteiger partial charge in [-0.3, -0.25) is 5.32 Å². The van der Waals surface area contributed by atoms with Crippen molar-refractivity contribution in [1.82, 2.24) is 14.3 Å². The fourth-order valence-electron chi connectivity index (χ4n) is 3.78. The van der Waals surface area contributed by atoms with Gasteiger partial charge in [0.1, 0.15) is 0 Å². The maximum atomic E-state index is 13.5. The minimum Gasteiger partial charge on any atom is -0.399 e. The van der Waals surface area contributed by atoms with E-state index in [1.807, 2.05) is 33.8 Å². The van der Waals surface area contributed by atoms with Crippen LogP contribution in [-0.2, 0) is 23.0 Å². The fourth-order valence-corrected chi connectivity index (χ4v) is 6.35. The molecule has 1 aliphatic rings. The molecule has 0 radical (unpaired) electrons. The van der Waals surface area contributed by atoms with Crippen LogP contribution in [0.15, 0.2) is 34.7 Å². The fraction of sp³-hybridized carbons (Fsp3) is 0.318. The van der Waals surface area contributed by atoms with Crippen LogP contribution in [0.5, 0.6) is 5.06 Å². The van der Waals surface area contributed by atoms with E-state index in [9.17, 15) is 13.2 Å². The molecule has 8 nitrogen and oxygen atoms in total. The smallest absolute Gasteiger partial charge is 0.399 e. The predicted molar refractivity (Wildman–Crippen MR) is 123 cm³/mol. The van der Waals surface area contributed by atoms with Gasteiger partial charge in [-0.2, -0.15) is 4.31 Å². The van der Waals surface area contributed by atoms with Gasteiger partial charge in [0.15, 0.2) is 5.06 Å². The lowest BCUT2D eigenvalue weighted by Gasteiger charge is -2.29. The first kappa shape index (κ1) is 22.4. The van der Waals surface area contributed by atoms with Crippen LogP contribution < -0.4 is 10.1 Å². The van der Waals surface area contributed by atoms with Crippen molar-refractivity contribution < 1.29 is 17.9 Å². The van der Waals surface area contributed by atoms with Crippen LogP contribution in [0.25, 0.3) is 0 Å². The number of aryl methyl sites for hydroxylation is 2. The van der Waals surface area contributed by atoms with E-state index >= 15 is 0 Å². The standard InChI is InChI=1S/C22H24N4O4S2/c1-13-10-14(2)16(4)20(15(13)3)32(28,29)26-8-7-18-17(12-26)11-23-21(24-18)25-22(27)30-19-6-5-9-31-19/h5-6,9-11H,7-8,12H2,1-4H3,(H,23,24,25,27). The summed E-state index contributed by atoms with van der Waals surface area (Å²) in [5.41, 5.74) is 4.90. The maximum absolute atomic E-state index is 13.5. The number of sulfonamides is 1. The Morgan fingerprint density at radius 2 is 1.91 bits per heavy atom. The van der Waals surface area contributed by atoms with Crippen molar-refractivity contribution in [2.45, 2.75) is 45.6 Å². The van der Waals surface area contributed by atoms with Crippen LogP contribution in [0.4, 0.5) is 10.7 Å². The largest absolute Gasteiger partial charge is 0.420 e. The van der Waals surface area contributed by atoms with Crippen molar-refractivity contribution in [3.8, 4) is 5.06 Å². The molecule has 2 aromatic heterocycles. The molecule has 1 amide bonds. The number of benzene rings is 1. The molecule has 0 bridgehead atoms. The predicted octanol–water partition coefficient (Wildman–Crippen LogP) is 4.13. The molecule has 0 unspecified atom stereocenters. The van der Waals surface area contributed by atoms with Crippen LogP contribution in [0.3, 0.4) is 0 Å². The van der Waals surface area contributed by atoms with Gasteiger partial charge in [-0.1, -0.05) is 6.07 Å². The number of hydrogen-bond acceptors (Lipinski definition) is 7. The minimum atomic E-state index is -3.68. The van der Waals surface area contributed by atoms with E-state index in [0.717, 1.165) is 27.8 Å². The molecule has 0 atom stereocenters. The van der Waals surface area contributed by atoms with Gasteiger partial charge in [-0.15, -0.1) is 11.3 Å². The lowest BCUT2D eigenvalue weighted by atomic mass is 10.0. The molecule has 4 rings (SSSR count). The molecular weight excluding hydrogens is 448 g/mol. The minimum absolute atomic E-state index is 0.127. The van der Waals surface area contributed by atoms with Gasteiger partial charge in [0, 0.05) is 31.3 Å². The summed E-state index contributed by atoms with van der Waals surface area (Å²) in [5, 5.41) is 4.79. The summed E-state index contributed by atoms with van der Waals surface area (Å²) in [6.45, 7) is 8.04. The summed E-state index contributed by atoms with van der Waals surface area (Å²) in [5.74, 6) is 0.127. The molecule has 10 heteroatoms. The second-order valence-electron chi connectivity index (χ2n) is 7.79. The van der Waals surface area contributed by atoms with Gasteiger partial charge >= 0.3 is 6.09 Å². The molecular formula is C22H24N4O4S2. The number of hydrogen-bond donors (Lipinski definition) is 1. The van der Waals surface area contributed by atoms with Crippen molar-refractivity contribution in [3.63, 3.8) is 0 Å². The summed E-state index contributed by atoms with van der Waals surface area (Å²) < 4.78 is 33.7. The highest BCUT2D eigenvalue weighted by molar-refractivity contribution is 7.89. The van der Waals surface area contributed by atoms with Gasteiger partial charge in [-0.25, -0.2) is 23.2 Å². The highest BCUT2D eigenvalue weighted by Gasteiger charge is 2.32. The zero-order valence-corrected chi connectivity index (χ0v) is 19.9. The molecule has 1 aliphatic heterocycles. The van der Waals surface area contributed by atoms with E-state index in [4.69, 9.17) is 4.74 Å². The molecule has 3 heterocycles. The topological polar surface area (TPSA) is 101 Å². The number of aromatic nitrogens is 2. The molecule has 1 aromatic carbocycles. The van der Waals surface area contributed by atoms with Crippen molar-refractivity contribution in [1.29, 1.82) is 0 Å². The van der Waals surface area contributed by atoms with Crippen LogP contribution in [0.2, 0.25) is 0 Å². The zero-order valence-electron chi connectivity index (χ0n) is 18.3. The van der Waals surface area contributed by atoms with Gasteiger partial charge in [0.05, 0.1) is 10.6 Å². The molecule has 0 saturated heterocycles. The third-order valence-electron chi connectivity index (χ3n) is 5.70. The second kappa shape index (κ2) is 8.61. The molecule has 168 valence electrons. The number of nitrogens with one attached hydrogen (secondary N) is 1. The Hall–Kier alpha value is -2.82. The Labute approximate surface area is 191 Å². The number of ether oxygens (including phenoxy) is 1. The summed E-state index contributed by atoms with van der Waals surface area (Å²) in [6.07, 6.45) is 1.31. The third kappa shape index (κ3) is 4.25. The quantitative estimate of drug-likeness (QED) is 0.613. The van der Waals surface area contributed by atoms with Gasteiger partial charge in [0.2, 0.25) is 16.0 Å². The molecule has 0 saturated carbocycles. The average molecular weight is 473 g/mol. The number of carbonyl (C=O) groups excluding carboxylic acids is 1. The van der Waals surface area contributed by atoms with Gasteiger partial charge in [0.25, 0.3) is 0 Å². The third-order valence-corrected chi connectivity index (χ3v) is 8.56. The van der Waals surface area contributed by atoms with E-state index < -0.39 is 16.1 Å². The second-order valence-corrected chi connectivity index (χ2v) is 10.6. The van der Waals surface area contributed by atoms with E-state index in [1.54, 1.807) is 23.7 Å². The molecule has 1 N–H and O–H groups in total. The Balaban J connectivity index is 1.54. The summed E-state index contributed by atoms with van der Waals surface area (Å²) in [4.78, 5) is 21.0. The van der Waals surface area contributed by atoms with Crippen molar-refractivity contribution in [2.24, 2.45) is 0 Å². The summed E-state index contributed by atoms with van der Waals surface area (Å²) >= 11 is 1.30. The Kier molecular flexibility index (Phi) is 6.02. The van der Waals surface area contributed by atoms with Crippen LogP contribution in [0.1, 0.15) is 33.5 Å². The SMILES string of the molecule is Cc1cc(C)c(C)c(S(=O)(=O)N2CCc3nc(NC(=O)Oc4cccs4)ncc3C2)c1C. The first-order chi connectivity index (χ1) is 15.2. The lowest BCUT2D eigenvalue weighted by molar-refractivity contribution is 0.216. The van der Waals surface area contributed by atoms with Crippen LogP contribution in [-0.4, -0.2) is 35.3 Å². The number of fused-ring (bicyclic) bond motifs is 1. The lowest BCUT2D eigenvalue weighted by Crippen LogP contribution is -2.37. The monoisotopic (exact) mass is 472 g/mol. The Morgan fingerprint density at radius 1 is 1.19 bits per heavy atom. The number of thiophene rings is 1. The number of nitrogens with zero attached hydrogens (tertiary/aromatic N) is 3. The molecule has 3 aromatic rings. The van der Waals surface area contributed by atoms with Crippen LogP contribution in [0, 0.1) is 27.7 Å². The van der Waals surface area contributed by atoms with E-state index in [-0.39, 0.29) is 12.5 Å². The average Bonchev–Trinajstić information content (AvgIpc) is 3.24. The Morgan fingerprint density at radius 3 is 2.56 bits per heavy atom. The number of anilines is 1. The Bertz CT molecular complexity index is 1260. The molecule has 32 heavy (non-hydrogen) atoms. The highest BCUT2D eigenvalue weighted by atomic mass is 32.2. The van der Waals surface area contributed by atoms with Crippen LogP contribution >= 0.6 is 11.3 Å². The van der Waals surface area contributed by atoms with Crippen molar-refractivity contribution in [2.75, 3.05) is 11.9 Å². The van der Waals surface area contributed by atoms with E-state index in [2.05, 4.69) is 15.3 Å². The molecule has 0 fully saturated rings. The number of amides is 1. The first-order valence-corrected chi connectivity index (χ1v) is 12.4. The zero-order chi connectivity index (χ0) is 23.0. The number of carbonyl (C=O) groups is 1. The molecule has 0 spiro atoms. The van der Waals surface area contributed by atoms with Crippen molar-refractivity contribution in [3.05, 3.63) is 63.3 Å². The van der Waals surface area contributed by atoms with Gasteiger partial charge in [-0.05, 0) is 67.5 Å². The highest BCUT2D eigenvalue weighted by Crippen LogP contribution is 2.31. The van der Waals surface area contributed by atoms with E-state index in [0.29, 0.717) is 28.6 Å². The number of rotatable bonds is 4. The van der Waals surface area contributed by atoms with E-state index in [1.165, 1.54) is 15.6 Å².